The lowest BCUT2D eigenvalue weighted by Crippen LogP contribution is -2.29. The minimum absolute atomic E-state index is 0.0571. The molecular formula is C28H25NO6. The lowest BCUT2D eigenvalue weighted by Gasteiger charge is -2.26. The van der Waals surface area contributed by atoms with Gasteiger partial charge in [-0.15, -0.1) is 0 Å². The van der Waals surface area contributed by atoms with Gasteiger partial charge in [0.25, 0.3) is 11.7 Å². The number of carbonyl (C=O) groups excluding carboxylic acids is 3. The van der Waals surface area contributed by atoms with Crippen molar-refractivity contribution >= 4 is 29.1 Å². The van der Waals surface area contributed by atoms with E-state index in [0.717, 1.165) is 11.1 Å². The molecule has 1 aliphatic heterocycles. The number of methoxy groups -OCH3 is 1. The van der Waals surface area contributed by atoms with Crippen LogP contribution in [0.5, 0.6) is 11.5 Å². The number of ketones is 1. The first-order valence-electron chi connectivity index (χ1n) is 11.0. The highest BCUT2D eigenvalue weighted by molar-refractivity contribution is 6.51. The number of carbonyl (C=O) groups is 3. The van der Waals surface area contributed by atoms with Crippen LogP contribution < -0.4 is 14.4 Å². The molecule has 3 aromatic rings. The van der Waals surface area contributed by atoms with E-state index in [1.807, 2.05) is 26.0 Å². The van der Waals surface area contributed by atoms with E-state index >= 15 is 0 Å². The normalized spacial score (nSPS) is 16.9. The minimum atomic E-state index is -0.935. The Labute approximate surface area is 203 Å². The predicted octanol–water partition coefficient (Wildman–Crippen LogP) is 4.86. The summed E-state index contributed by atoms with van der Waals surface area (Å²) in [7, 11) is 1.53. The van der Waals surface area contributed by atoms with Gasteiger partial charge in [-0.2, -0.15) is 0 Å². The van der Waals surface area contributed by atoms with Gasteiger partial charge in [-0.25, -0.2) is 0 Å². The van der Waals surface area contributed by atoms with E-state index in [-0.39, 0.29) is 17.1 Å². The average molecular weight is 472 g/mol. The Balaban J connectivity index is 1.93. The van der Waals surface area contributed by atoms with Crippen LogP contribution in [-0.2, 0) is 14.4 Å². The van der Waals surface area contributed by atoms with Gasteiger partial charge in [0.2, 0.25) is 0 Å². The lowest BCUT2D eigenvalue weighted by molar-refractivity contribution is -0.132. The molecule has 1 N–H and O–H groups in total. The Hall–Kier alpha value is -4.39. The largest absolute Gasteiger partial charge is 0.507 e. The Morgan fingerprint density at radius 3 is 2.26 bits per heavy atom. The highest BCUT2D eigenvalue weighted by Crippen LogP contribution is 2.43. The molecule has 0 bridgehead atoms. The first kappa shape index (κ1) is 23.8. The Morgan fingerprint density at radius 1 is 0.914 bits per heavy atom. The number of aryl methyl sites for hydroxylation is 2. The number of ether oxygens (including phenoxy) is 2. The number of amides is 1. The summed E-state index contributed by atoms with van der Waals surface area (Å²) in [5, 5.41) is 11.2. The molecule has 1 heterocycles. The molecule has 0 saturated carbocycles. The van der Waals surface area contributed by atoms with Crippen LogP contribution in [0, 0.1) is 13.8 Å². The van der Waals surface area contributed by atoms with Crippen molar-refractivity contribution in [2.24, 2.45) is 0 Å². The second kappa shape index (κ2) is 9.46. The van der Waals surface area contributed by atoms with Crippen LogP contribution in [0.25, 0.3) is 5.76 Å². The zero-order valence-corrected chi connectivity index (χ0v) is 19.9. The van der Waals surface area contributed by atoms with Crippen molar-refractivity contribution in [3.05, 3.63) is 94.6 Å². The van der Waals surface area contributed by atoms with Crippen molar-refractivity contribution in [1.82, 2.24) is 0 Å². The average Bonchev–Trinajstić information content (AvgIpc) is 3.10. The molecule has 1 fully saturated rings. The third kappa shape index (κ3) is 4.53. The summed E-state index contributed by atoms with van der Waals surface area (Å²) in [5.41, 5.74) is 3.33. The van der Waals surface area contributed by atoms with Gasteiger partial charge in [0.15, 0.2) is 0 Å². The van der Waals surface area contributed by atoms with Gasteiger partial charge in [0.05, 0.1) is 18.7 Å². The molecule has 1 aliphatic rings. The molecule has 1 amide bonds. The van der Waals surface area contributed by atoms with Crippen LogP contribution >= 0.6 is 0 Å². The van der Waals surface area contributed by atoms with E-state index in [9.17, 15) is 19.5 Å². The molecule has 0 aliphatic carbocycles. The summed E-state index contributed by atoms with van der Waals surface area (Å²) in [4.78, 5) is 39.5. The number of esters is 1. The predicted molar refractivity (Wildman–Crippen MR) is 131 cm³/mol. The van der Waals surface area contributed by atoms with Crippen molar-refractivity contribution in [3.8, 4) is 11.5 Å². The maximum Gasteiger partial charge on any atom is 0.308 e. The SMILES string of the molecule is COc1ccc(/C(O)=C2\C(=O)C(=O)N(c3ccc(C)c(C)c3)C2c2cccc(OC(C)=O)c2)cc1. The number of nitrogens with zero attached hydrogens (tertiary/aromatic N) is 1. The summed E-state index contributed by atoms with van der Waals surface area (Å²) < 4.78 is 10.4. The molecule has 1 atom stereocenters. The summed E-state index contributed by atoms with van der Waals surface area (Å²) in [6, 6.07) is 17.7. The van der Waals surface area contributed by atoms with E-state index in [2.05, 4.69) is 0 Å². The maximum atomic E-state index is 13.3. The number of Topliss-reactive ketones (excluding diaryl/α,β-unsaturated/α-hetero) is 1. The second-order valence-corrected chi connectivity index (χ2v) is 8.33. The number of aliphatic hydroxyl groups is 1. The van der Waals surface area contributed by atoms with E-state index in [1.165, 1.54) is 18.9 Å². The lowest BCUT2D eigenvalue weighted by atomic mass is 9.94. The summed E-state index contributed by atoms with van der Waals surface area (Å²) in [6.07, 6.45) is 0. The van der Waals surface area contributed by atoms with E-state index in [0.29, 0.717) is 22.6 Å². The zero-order valence-electron chi connectivity index (χ0n) is 19.9. The number of rotatable bonds is 5. The third-order valence-electron chi connectivity index (χ3n) is 6.01. The van der Waals surface area contributed by atoms with E-state index in [1.54, 1.807) is 54.6 Å². The van der Waals surface area contributed by atoms with Crippen LogP contribution in [0.2, 0.25) is 0 Å². The first-order chi connectivity index (χ1) is 16.7. The molecular weight excluding hydrogens is 446 g/mol. The molecule has 1 unspecified atom stereocenters. The summed E-state index contributed by atoms with van der Waals surface area (Å²) >= 11 is 0. The molecule has 7 heteroatoms. The number of hydrogen-bond donors (Lipinski definition) is 1. The molecule has 1 saturated heterocycles. The van der Waals surface area contributed by atoms with Gasteiger partial charge in [-0.05, 0) is 79.1 Å². The number of aliphatic hydroxyl groups excluding tert-OH is 1. The van der Waals surface area contributed by atoms with Gasteiger partial charge in [0, 0.05) is 18.2 Å². The molecule has 178 valence electrons. The molecule has 0 radical (unpaired) electrons. The zero-order chi connectivity index (χ0) is 25.3. The second-order valence-electron chi connectivity index (χ2n) is 8.33. The Morgan fingerprint density at radius 2 is 1.63 bits per heavy atom. The molecule has 0 spiro atoms. The first-order valence-corrected chi connectivity index (χ1v) is 11.0. The maximum absolute atomic E-state index is 13.3. The van der Waals surface area contributed by atoms with Crippen molar-refractivity contribution in [2.45, 2.75) is 26.8 Å². The fraction of sp³-hybridized carbons (Fsp3) is 0.179. The minimum Gasteiger partial charge on any atom is -0.507 e. The fourth-order valence-electron chi connectivity index (χ4n) is 4.11. The van der Waals surface area contributed by atoms with Crippen molar-refractivity contribution in [1.29, 1.82) is 0 Å². The van der Waals surface area contributed by atoms with E-state index in [4.69, 9.17) is 9.47 Å². The molecule has 7 nitrogen and oxygen atoms in total. The topological polar surface area (TPSA) is 93.1 Å². The van der Waals surface area contributed by atoms with Crippen LogP contribution in [0.15, 0.2) is 72.3 Å². The van der Waals surface area contributed by atoms with Crippen LogP contribution in [0.3, 0.4) is 0 Å². The van der Waals surface area contributed by atoms with Gasteiger partial charge in [0.1, 0.15) is 17.3 Å². The Kier molecular flexibility index (Phi) is 6.42. The quantitative estimate of drug-likeness (QED) is 0.188. The highest BCUT2D eigenvalue weighted by atomic mass is 16.5. The van der Waals surface area contributed by atoms with Gasteiger partial charge < -0.3 is 14.6 Å². The number of benzene rings is 3. The van der Waals surface area contributed by atoms with Crippen molar-refractivity contribution in [2.75, 3.05) is 12.0 Å². The number of hydrogen-bond acceptors (Lipinski definition) is 6. The van der Waals surface area contributed by atoms with Crippen LogP contribution in [-0.4, -0.2) is 29.9 Å². The number of anilines is 1. The smallest absolute Gasteiger partial charge is 0.308 e. The summed E-state index contributed by atoms with van der Waals surface area (Å²) in [6.45, 7) is 5.16. The van der Waals surface area contributed by atoms with Crippen molar-refractivity contribution < 1.29 is 29.0 Å². The molecule has 35 heavy (non-hydrogen) atoms. The van der Waals surface area contributed by atoms with Crippen molar-refractivity contribution in [3.63, 3.8) is 0 Å². The van der Waals surface area contributed by atoms with Crippen LogP contribution in [0.4, 0.5) is 5.69 Å². The fourth-order valence-corrected chi connectivity index (χ4v) is 4.11. The highest BCUT2D eigenvalue weighted by Gasteiger charge is 2.47. The monoisotopic (exact) mass is 471 g/mol. The molecule has 0 aromatic heterocycles. The molecule has 4 rings (SSSR count). The van der Waals surface area contributed by atoms with E-state index < -0.39 is 23.7 Å². The Bertz CT molecular complexity index is 1360. The van der Waals surface area contributed by atoms with Gasteiger partial charge in [-0.3, -0.25) is 19.3 Å². The van der Waals surface area contributed by atoms with Gasteiger partial charge in [-0.1, -0.05) is 18.2 Å². The summed E-state index contributed by atoms with van der Waals surface area (Å²) in [5.74, 6) is -1.51. The van der Waals surface area contributed by atoms with Gasteiger partial charge >= 0.3 is 5.97 Å². The standard InChI is InChI=1S/C28H25NO6/c1-16-8-11-21(14-17(16)2)29-25(20-6-5-7-23(15-20)35-18(3)30)24(27(32)28(29)33)26(31)19-9-12-22(34-4)13-10-19/h5-15,25,31H,1-4H3/b26-24+. The molecule has 3 aromatic carbocycles. The van der Waals surface area contributed by atoms with Crippen LogP contribution in [0.1, 0.15) is 35.2 Å². The third-order valence-corrected chi connectivity index (χ3v) is 6.01.